The number of benzene rings is 2. The lowest BCUT2D eigenvalue weighted by Crippen LogP contribution is -2.11. The second-order valence-corrected chi connectivity index (χ2v) is 5.96. The Balaban J connectivity index is 1.96. The highest BCUT2D eigenvalue weighted by Crippen LogP contribution is 2.20. The molecule has 1 nitrogen and oxygen atoms in total. The molecule has 0 fully saturated rings. The van der Waals surface area contributed by atoms with Crippen molar-refractivity contribution in [3.63, 3.8) is 0 Å². The minimum atomic E-state index is 0.122. The van der Waals surface area contributed by atoms with Gasteiger partial charge in [0.1, 0.15) is 0 Å². The lowest BCUT2D eigenvalue weighted by atomic mass is 9.96. The molecule has 1 atom stereocenters. The maximum atomic E-state index is 6.31. The Bertz CT molecular complexity index is 540. The van der Waals surface area contributed by atoms with Gasteiger partial charge < -0.3 is 5.73 Å². The summed E-state index contributed by atoms with van der Waals surface area (Å²) < 4.78 is 0. The summed E-state index contributed by atoms with van der Waals surface area (Å²) in [5.41, 5.74) is 11.6. The quantitative estimate of drug-likeness (QED) is 0.831. The highest BCUT2D eigenvalue weighted by Gasteiger charge is 2.07. The van der Waals surface area contributed by atoms with E-state index in [1.54, 1.807) is 0 Å². The molecule has 0 aliphatic heterocycles. The van der Waals surface area contributed by atoms with Crippen molar-refractivity contribution < 1.29 is 0 Å². The standard InChI is InChI=1S/C19H25N/c1-14(2)17-8-10-18(11-9-17)19(20)12-7-16-6-4-5-15(3)13-16/h4-6,8-11,13-14,19H,7,12,20H2,1-3H3. The smallest absolute Gasteiger partial charge is 0.0298 e. The Hall–Kier alpha value is -1.60. The fraction of sp³-hybridized carbons (Fsp3) is 0.368. The van der Waals surface area contributed by atoms with Crippen molar-refractivity contribution in [2.24, 2.45) is 5.73 Å². The zero-order chi connectivity index (χ0) is 14.5. The van der Waals surface area contributed by atoms with Crippen molar-refractivity contribution in [2.45, 2.75) is 45.6 Å². The van der Waals surface area contributed by atoms with Crippen LogP contribution in [0.4, 0.5) is 0 Å². The van der Waals surface area contributed by atoms with Crippen LogP contribution in [-0.2, 0) is 6.42 Å². The van der Waals surface area contributed by atoms with Crippen molar-refractivity contribution in [3.05, 3.63) is 70.8 Å². The molecule has 0 amide bonds. The van der Waals surface area contributed by atoms with Crippen LogP contribution in [0.3, 0.4) is 0 Å². The van der Waals surface area contributed by atoms with E-state index in [4.69, 9.17) is 5.73 Å². The van der Waals surface area contributed by atoms with Gasteiger partial charge in [-0.2, -0.15) is 0 Å². The Morgan fingerprint density at radius 2 is 1.60 bits per heavy atom. The van der Waals surface area contributed by atoms with E-state index in [0.717, 1.165) is 12.8 Å². The van der Waals surface area contributed by atoms with Crippen LogP contribution in [-0.4, -0.2) is 0 Å². The fourth-order valence-electron chi connectivity index (χ4n) is 2.48. The first kappa shape index (κ1) is 14.8. The van der Waals surface area contributed by atoms with Gasteiger partial charge in [-0.05, 0) is 42.4 Å². The van der Waals surface area contributed by atoms with Gasteiger partial charge in [0, 0.05) is 6.04 Å². The normalized spacial score (nSPS) is 12.7. The first-order valence-corrected chi connectivity index (χ1v) is 7.47. The van der Waals surface area contributed by atoms with Crippen LogP contribution in [0.2, 0.25) is 0 Å². The van der Waals surface area contributed by atoms with Gasteiger partial charge in [0.2, 0.25) is 0 Å². The van der Waals surface area contributed by atoms with E-state index in [0.29, 0.717) is 5.92 Å². The van der Waals surface area contributed by atoms with Crippen LogP contribution in [0.25, 0.3) is 0 Å². The van der Waals surface area contributed by atoms with Crippen molar-refractivity contribution >= 4 is 0 Å². The van der Waals surface area contributed by atoms with Crippen molar-refractivity contribution in [2.75, 3.05) is 0 Å². The molecule has 0 spiro atoms. The van der Waals surface area contributed by atoms with E-state index >= 15 is 0 Å². The Morgan fingerprint density at radius 1 is 0.950 bits per heavy atom. The summed E-state index contributed by atoms with van der Waals surface area (Å²) >= 11 is 0. The molecule has 20 heavy (non-hydrogen) atoms. The van der Waals surface area contributed by atoms with Gasteiger partial charge >= 0.3 is 0 Å². The number of hydrogen-bond donors (Lipinski definition) is 1. The molecule has 106 valence electrons. The average molecular weight is 267 g/mol. The zero-order valence-corrected chi connectivity index (χ0v) is 12.8. The Labute approximate surface area is 122 Å². The molecule has 0 heterocycles. The van der Waals surface area contributed by atoms with Crippen LogP contribution in [0.5, 0.6) is 0 Å². The van der Waals surface area contributed by atoms with Gasteiger partial charge in [-0.3, -0.25) is 0 Å². The summed E-state index contributed by atoms with van der Waals surface area (Å²) in [7, 11) is 0. The maximum Gasteiger partial charge on any atom is 0.0298 e. The summed E-state index contributed by atoms with van der Waals surface area (Å²) in [6.07, 6.45) is 2.03. The third kappa shape index (κ3) is 3.94. The topological polar surface area (TPSA) is 26.0 Å². The predicted octanol–water partition coefficient (Wildman–Crippen LogP) is 4.75. The molecular weight excluding hydrogens is 242 g/mol. The Kier molecular flexibility index (Phi) is 4.97. The van der Waals surface area contributed by atoms with Crippen LogP contribution < -0.4 is 5.73 Å². The molecule has 0 aromatic heterocycles. The molecule has 1 heteroatoms. The molecule has 0 saturated heterocycles. The summed E-state index contributed by atoms with van der Waals surface area (Å²) in [6, 6.07) is 17.6. The molecule has 1 unspecified atom stereocenters. The molecule has 2 aromatic rings. The summed E-state index contributed by atoms with van der Waals surface area (Å²) in [5, 5.41) is 0. The minimum absolute atomic E-state index is 0.122. The monoisotopic (exact) mass is 267 g/mol. The number of nitrogens with two attached hydrogens (primary N) is 1. The van der Waals surface area contributed by atoms with Gasteiger partial charge in [-0.15, -0.1) is 0 Å². The van der Waals surface area contributed by atoms with E-state index in [2.05, 4.69) is 69.3 Å². The van der Waals surface area contributed by atoms with Crippen LogP contribution in [0, 0.1) is 6.92 Å². The van der Waals surface area contributed by atoms with E-state index in [9.17, 15) is 0 Å². The van der Waals surface area contributed by atoms with Gasteiger partial charge in [0.25, 0.3) is 0 Å². The van der Waals surface area contributed by atoms with Crippen molar-refractivity contribution in [1.29, 1.82) is 0 Å². The lowest BCUT2D eigenvalue weighted by molar-refractivity contribution is 0.650. The minimum Gasteiger partial charge on any atom is -0.324 e. The van der Waals surface area contributed by atoms with Gasteiger partial charge in [0.15, 0.2) is 0 Å². The third-order valence-corrected chi connectivity index (χ3v) is 3.86. The van der Waals surface area contributed by atoms with Crippen LogP contribution in [0.1, 0.15) is 54.5 Å². The predicted molar refractivity (Wildman–Crippen MR) is 87.0 cm³/mol. The second-order valence-electron chi connectivity index (χ2n) is 5.96. The number of aryl methyl sites for hydroxylation is 2. The van der Waals surface area contributed by atoms with Crippen LogP contribution >= 0.6 is 0 Å². The fourth-order valence-corrected chi connectivity index (χ4v) is 2.48. The summed E-state index contributed by atoms with van der Waals surface area (Å²) in [5.74, 6) is 0.576. The van der Waals surface area contributed by atoms with Crippen molar-refractivity contribution in [1.82, 2.24) is 0 Å². The summed E-state index contributed by atoms with van der Waals surface area (Å²) in [6.45, 7) is 6.56. The second kappa shape index (κ2) is 6.71. The highest BCUT2D eigenvalue weighted by molar-refractivity contribution is 5.27. The first-order chi connectivity index (χ1) is 9.56. The van der Waals surface area contributed by atoms with Crippen LogP contribution in [0.15, 0.2) is 48.5 Å². The highest BCUT2D eigenvalue weighted by atomic mass is 14.6. The largest absolute Gasteiger partial charge is 0.324 e. The molecule has 0 radical (unpaired) electrons. The lowest BCUT2D eigenvalue weighted by Gasteiger charge is -2.14. The third-order valence-electron chi connectivity index (χ3n) is 3.86. The van der Waals surface area contributed by atoms with Crippen molar-refractivity contribution in [3.8, 4) is 0 Å². The summed E-state index contributed by atoms with van der Waals surface area (Å²) in [4.78, 5) is 0. The van der Waals surface area contributed by atoms with E-state index in [1.807, 2.05) is 0 Å². The molecular formula is C19H25N. The molecule has 0 aliphatic rings. The van der Waals surface area contributed by atoms with E-state index < -0.39 is 0 Å². The molecule has 0 aliphatic carbocycles. The SMILES string of the molecule is Cc1cccc(CCC(N)c2ccc(C(C)C)cc2)c1. The number of rotatable bonds is 5. The molecule has 2 N–H and O–H groups in total. The first-order valence-electron chi connectivity index (χ1n) is 7.47. The molecule has 0 saturated carbocycles. The average Bonchev–Trinajstić information content (AvgIpc) is 2.45. The van der Waals surface area contributed by atoms with Gasteiger partial charge in [-0.1, -0.05) is 67.9 Å². The van der Waals surface area contributed by atoms with Gasteiger partial charge in [0.05, 0.1) is 0 Å². The molecule has 0 bridgehead atoms. The number of hydrogen-bond acceptors (Lipinski definition) is 1. The van der Waals surface area contributed by atoms with E-state index in [1.165, 1.54) is 22.3 Å². The molecule has 2 rings (SSSR count). The zero-order valence-electron chi connectivity index (χ0n) is 12.8. The molecule has 2 aromatic carbocycles. The maximum absolute atomic E-state index is 6.31. The van der Waals surface area contributed by atoms with Gasteiger partial charge in [-0.25, -0.2) is 0 Å². The van der Waals surface area contributed by atoms with E-state index in [-0.39, 0.29) is 6.04 Å². The Morgan fingerprint density at radius 3 is 2.20 bits per heavy atom.